The number of nitrogens with zero attached hydrogens (tertiary/aromatic N) is 1. The number of aliphatic hydroxyl groups excluding tert-OH is 1. The van der Waals surface area contributed by atoms with Crippen LogP contribution in [0.25, 0.3) is 5.76 Å². The summed E-state index contributed by atoms with van der Waals surface area (Å²) in [7, 11) is 1.38. The van der Waals surface area contributed by atoms with Gasteiger partial charge in [-0.3, -0.25) is 14.5 Å². The van der Waals surface area contributed by atoms with Crippen LogP contribution in [0.2, 0.25) is 10.0 Å². The molecule has 0 saturated carbocycles. The van der Waals surface area contributed by atoms with E-state index in [0.717, 1.165) is 11.1 Å². The SMILES string of the molecule is COc1c(Cl)cc(Cl)cc1/C(O)=C1\C(=O)C(=O)N(c2cc(C)ccc2C)C1c1ccc(C)o1. The predicted octanol–water partition coefficient (Wildman–Crippen LogP) is 6.15. The van der Waals surface area contributed by atoms with E-state index in [9.17, 15) is 14.7 Å². The molecule has 2 aromatic carbocycles. The van der Waals surface area contributed by atoms with Crippen molar-refractivity contribution >= 4 is 46.3 Å². The van der Waals surface area contributed by atoms with Gasteiger partial charge < -0.3 is 14.3 Å². The van der Waals surface area contributed by atoms with E-state index in [1.54, 1.807) is 19.1 Å². The molecule has 4 rings (SSSR count). The largest absolute Gasteiger partial charge is 0.507 e. The van der Waals surface area contributed by atoms with Crippen molar-refractivity contribution in [3.05, 3.63) is 86.3 Å². The van der Waals surface area contributed by atoms with Gasteiger partial charge in [-0.25, -0.2) is 0 Å². The van der Waals surface area contributed by atoms with Crippen LogP contribution < -0.4 is 9.64 Å². The number of carbonyl (C=O) groups is 2. The summed E-state index contributed by atoms with van der Waals surface area (Å²) < 4.78 is 11.2. The van der Waals surface area contributed by atoms with Crippen LogP contribution in [-0.4, -0.2) is 23.9 Å². The average molecular weight is 486 g/mol. The number of anilines is 1. The Morgan fingerprint density at radius 3 is 2.42 bits per heavy atom. The van der Waals surface area contributed by atoms with Gasteiger partial charge in [-0.2, -0.15) is 0 Å². The number of amides is 1. The van der Waals surface area contributed by atoms with Gasteiger partial charge >= 0.3 is 0 Å². The maximum atomic E-state index is 13.3. The van der Waals surface area contributed by atoms with Crippen molar-refractivity contribution in [1.82, 2.24) is 0 Å². The van der Waals surface area contributed by atoms with Crippen LogP contribution >= 0.6 is 23.2 Å². The van der Waals surface area contributed by atoms with Gasteiger partial charge in [0.05, 0.1) is 23.3 Å². The van der Waals surface area contributed by atoms with Crippen LogP contribution in [0.1, 0.15) is 34.3 Å². The topological polar surface area (TPSA) is 80.0 Å². The molecule has 8 heteroatoms. The van der Waals surface area contributed by atoms with Crippen LogP contribution in [0.4, 0.5) is 5.69 Å². The zero-order chi connectivity index (χ0) is 24.0. The number of hydrogen-bond donors (Lipinski definition) is 1. The smallest absolute Gasteiger partial charge is 0.300 e. The summed E-state index contributed by atoms with van der Waals surface area (Å²) in [5, 5.41) is 11.7. The number of Topliss-reactive ketones (excluding diaryl/α,β-unsaturated/α-hetero) is 1. The summed E-state index contributed by atoms with van der Waals surface area (Å²) in [6.45, 7) is 5.50. The summed E-state index contributed by atoms with van der Waals surface area (Å²) in [5.74, 6) is -1.03. The van der Waals surface area contributed by atoms with E-state index in [4.69, 9.17) is 32.4 Å². The molecular weight excluding hydrogens is 465 g/mol. The molecule has 1 aliphatic heterocycles. The summed E-state index contributed by atoms with van der Waals surface area (Å²) in [6.07, 6.45) is 0. The van der Waals surface area contributed by atoms with Crippen LogP contribution in [0.15, 0.2) is 52.5 Å². The average Bonchev–Trinajstić information content (AvgIpc) is 3.30. The summed E-state index contributed by atoms with van der Waals surface area (Å²) in [4.78, 5) is 28.0. The van der Waals surface area contributed by atoms with Gasteiger partial charge in [-0.1, -0.05) is 35.3 Å². The van der Waals surface area contributed by atoms with E-state index in [2.05, 4.69) is 0 Å². The number of rotatable bonds is 4. The van der Waals surface area contributed by atoms with Crippen molar-refractivity contribution in [1.29, 1.82) is 0 Å². The molecule has 170 valence electrons. The molecule has 1 fully saturated rings. The fraction of sp³-hybridized carbons (Fsp3) is 0.200. The first-order valence-electron chi connectivity index (χ1n) is 10.1. The zero-order valence-electron chi connectivity index (χ0n) is 18.4. The van der Waals surface area contributed by atoms with Crippen molar-refractivity contribution < 1.29 is 23.8 Å². The van der Waals surface area contributed by atoms with E-state index in [1.807, 2.05) is 32.0 Å². The van der Waals surface area contributed by atoms with E-state index in [0.29, 0.717) is 17.2 Å². The molecule has 1 atom stereocenters. The Hall–Kier alpha value is -3.22. The van der Waals surface area contributed by atoms with Gasteiger partial charge in [0.2, 0.25) is 0 Å². The number of aryl methyl sites for hydroxylation is 3. The second-order valence-corrected chi connectivity index (χ2v) is 8.72. The number of methoxy groups -OCH3 is 1. The number of furan rings is 1. The predicted molar refractivity (Wildman–Crippen MR) is 127 cm³/mol. The monoisotopic (exact) mass is 485 g/mol. The van der Waals surface area contributed by atoms with Gasteiger partial charge in [-0.05, 0) is 62.2 Å². The molecular formula is C25H21Cl2NO5. The molecule has 1 saturated heterocycles. The number of ketones is 1. The Morgan fingerprint density at radius 2 is 1.79 bits per heavy atom. The third-order valence-electron chi connectivity index (χ3n) is 5.57. The molecule has 0 aliphatic carbocycles. The van der Waals surface area contributed by atoms with Crippen LogP contribution in [-0.2, 0) is 9.59 Å². The van der Waals surface area contributed by atoms with Gasteiger partial charge in [0.15, 0.2) is 0 Å². The fourth-order valence-corrected chi connectivity index (χ4v) is 4.59. The van der Waals surface area contributed by atoms with Crippen LogP contribution in [0.5, 0.6) is 5.75 Å². The zero-order valence-corrected chi connectivity index (χ0v) is 19.9. The molecule has 1 N–H and O–H groups in total. The van der Waals surface area contributed by atoms with Crippen LogP contribution in [0.3, 0.4) is 0 Å². The molecule has 33 heavy (non-hydrogen) atoms. The molecule has 0 spiro atoms. The molecule has 0 bridgehead atoms. The first-order valence-corrected chi connectivity index (χ1v) is 10.9. The van der Waals surface area contributed by atoms with Crippen molar-refractivity contribution in [3.63, 3.8) is 0 Å². The van der Waals surface area contributed by atoms with Gasteiger partial charge in [-0.15, -0.1) is 0 Å². The van der Waals surface area contributed by atoms with E-state index >= 15 is 0 Å². The highest BCUT2D eigenvalue weighted by Gasteiger charge is 2.49. The van der Waals surface area contributed by atoms with Crippen molar-refractivity contribution in [3.8, 4) is 5.75 Å². The Balaban J connectivity index is 2.03. The number of benzene rings is 2. The second kappa shape index (κ2) is 8.61. The lowest BCUT2D eigenvalue weighted by Crippen LogP contribution is -2.30. The Bertz CT molecular complexity index is 1320. The molecule has 3 aromatic rings. The minimum absolute atomic E-state index is 0.0993. The third kappa shape index (κ3) is 3.90. The van der Waals surface area contributed by atoms with Crippen molar-refractivity contribution in [2.45, 2.75) is 26.8 Å². The molecule has 1 amide bonds. The van der Waals surface area contributed by atoms with E-state index in [1.165, 1.54) is 24.1 Å². The highest BCUT2D eigenvalue weighted by molar-refractivity contribution is 6.52. The van der Waals surface area contributed by atoms with Gasteiger partial charge in [0.1, 0.15) is 29.1 Å². The maximum absolute atomic E-state index is 13.3. The van der Waals surface area contributed by atoms with Crippen LogP contribution in [0, 0.1) is 20.8 Å². The Kier molecular flexibility index (Phi) is 5.99. The lowest BCUT2D eigenvalue weighted by Gasteiger charge is -2.25. The molecule has 2 heterocycles. The van der Waals surface area contributed by atoms with Crippen molar-refractivity contribution in [2.75, 3.05) is 12.0 Å². The maximum Gasteiger partial charge on any atom is 0.300 e. The molecule has 0 radical (unpaired) electrons. The van der Waals surface area contributed by atoms with Crippen molar-refractivity contribution in [2.24, 2.45) is 0 Å². The summed E-state index contributed by atoms with van der Waals surface area (Å²) in [5.41, 5.74) is 2.20. The highest BCUT2D eigenvalue weighted by atomic mass is 35.5. The number of hydrogen-bond acceptors (Lipinski definition) is 5. The fourth-order valence-electron chi connectivity index (χ4n) is 4.02. The highest BCUT2D eigenvalue weighted by Crippen LogP contribution is 2.46. The first kappa shape index (κ1) is 23.0. The van der Waals surface area contributed by atoms with Gasteiger partial charge in [0.25, 0.3) is 11.7 Å². The molecule has 1 aromatic heterocycles. The number of halogens is 2. The molecule has 6 nitrogen and oxygen atoms in total. The normalized spacial score (nSPS) is 17.6. The first-order chi connectivity index (χ1) is 15.6. The second-order valence-electron chi connectivity index (χ2n) is 7.88. The number of ether oxygens (including phenoxy) is 1. The summed E-state index contributed by atoms with van der Waals surface area (Å²) >= 11 is 12.4. The third-order valence-corrected chi connectivity index (χ3v) is 6.07. The number of aliphatic hydroxyl groups is 1. The number of carbonyl (C=O) groups excluding carboxylic acids is 2. The Labute approximate surface area is 201 Å². The van der Waals surface area contributed by atoms with Gasteiger partial charge in [0, 0.05) is 10.7 Å². The van der Waals surface area contributed by atoms with E-state index in [-0.39, 0.29) is 26.9 Å². The standard InChI is InChI=1S/C25H21Cl2NO5/c1-12-5-6-13(2)18(9-12)28-21(19-8-7-14(3)33-19)20(23(30)25(28)31)22(29)16-10-15(26)11-17(27)24(16)32-4/h5-11,21,29H,1-4H3/b22-20+. The lowest BCUT2D eigenvalue weighted by molar-refractivity contribution is -0.132. The quantitative estimate of drug-likeness (QED) is 0.272. The Morgan fingerprint density at radius 1 is 1.06 bits per heavy atom. The minimum Gasteiger partial charge on any atom is -0.507 e. The molecule has 1 aliphatic rings. The lowest BCUT2D eigenvalue weighted by atomic mass is 9.98. The summed E-state index contributed by atoms with van der Waals surface area (Å²) in [6, 6.07) is 10.9. The molecule has 1 unspecified atom stereocenters. The minimum atomic E-state index is -0.998. The van der Waals surface area contributed by atoms with E-state index < -0.39 is 23.5 Å².